The van der Waals surface area contributed by atoms with Crippen molar-refractivity contribution in [3.8, 4) is 0 Å². The maximum atomic E-state index is 11.7. The van der Waals surface area contributed by atoms with Crippen molar-refractivity contribution in [2.75, 3.05) is 11.9 Å². The molecule has 1 amide bonds. The lowest BCUT2D eigenvalue weighted by Crippen LogP contribution is -2.14. The largest absolute Gasteiger partial charge is 0.330 e. The second-order valence-electron chi connectivity index (χ2n) is 3.62. The number of hydrogen-bond donors (Lipinski definition) is 2. The van der Waals surface area contributed by atoms with Gasteiger partial charge in [0.05, 0.1) is 27.5 Å². The Balaban J connectivity index is 2.32. The van der Waals surface area contributed by atoms with Gasteiger partial charge in [0.25, 0.3) is 0 Å². The first-order valence-electron chi connectivity index (χ1n) is 5.23. The summed E-state index contributed by atoms with van der Waals surface area (Å²) in [4.78, 5) is 11.7. The molecule has 0 bridgehead atoms. The highest BCUT2D eigenvalue weighted by Gasteiger charge is 2.15. The van der Waals surface area contributed by atoms with Crippen LogP contribution in [0.5, 0.6) is 0 Å². The highest BCUT2D eigenvalue weighted by molar-refractivity contribution is 7.00. The molecule has 1 aromatic carbocycles. The van der Waals surface area contributed by atoms with Crippen LogP contribution in [0.4, 0.5) is 5.69 Å². The first-order valence-corrected chi connectivity index (χ1v) is 6.72. The first kappa shape index (κ1) is 13.5. The van der Waals surface area contributed by atoms with Crippen LogP contribution in [0.1, 0.15) is 12.8 Å². The summed E-state index contributed by atoms with van der Waals surface area (Å²) in [5, 5.41) is 3.49. The Morgan fingerprint density at radius 2 is 2.06 bits per heavy atom. The molecule has 0 fully saturated rings. The van der Waals surface area contributed by atoms with Gasteiger partial charge >= 0.3 is 0 Å². The normalized spacial score (nSPS) is 10.8. The number of halogens is 2. The molecule has 0 unspecified atom stereocenters. The molecule has 5 nitrogen and oxygen atoms in total. The number of benzene rings is 1. The Morgan fingerprint density at radius 3 is 2.78 bits per heavy atom. The molecule has 0 saturated heterocycles. The van der Waals surface area contributed by atoms with Crippen LogP contribution in [0.25, 0.3) is 11.0 Å². The summed E-state index contributed by atoms with van der Waals surface area (Å²) in [6.07, 6.45) is 0.962. The van der Waals surface area contributed by atoms with Crippen LogP contribution in [0.3, 0.4) is 0 Å². The van der Waals surface area contributed by atoms with E-state index >= 15 is 0 Å². The fourth-order valence-corrected chi connectivity index (χ4v) is 2.62. The van der Waals surface area contributed by atoms with E-state index in [1.807, 2.05) is 0 Å². The van der Waals surface area contributed by atoms with Gasteiger partial charge in [-0.05, 0) is 19.0 Å². The lowest BCUT2D eigenvalue weighted by Gasteiger charge is -2.08. The Hall–Kier alpha value is -0.950. The summed E-state index contributed by atoms with van der Waals surface area (Å²) >= 11 is 13.1. The molecular formula is C10H10Cl2N4OS. The molecule has 1 aromatic heterocycles. The number of nitrogens with two attached hydrogens (primary N) is 1. The summed E-state index contributed by atoms with van der Waals surface area (Å²) < 4.78 is 8.15. The number of carbonyl (C=O) groups excluding carboxylic acids is 1. The van der Waals surface area contributed by atoms with Crippen LogP contribution in [0.2, 0.25) is 10.0 Å². The van der Waals surface area contributed by atoms with Gasteiger partial charge in [0.1, 0.15) is 11.0 Å². The summed E-state index contributed by atoms with van der Waals surface area (Å²) in [6, 6.07) is 1.55. The van der Waals surface area contributed by atoms with Gasteiger partial charge in [-0.1, -0.05) is 23.2 Å². The minimum absolute atomic E-state index is 0.154. The number of fused-ring (bicyclic) bond motifs is 1. The van der Waals surface area contributed by atoms with E-state index in [1.165, 1.54) is 0 Å². The van der Waals surface area contributed by atoms with Crippen LogP contribution in [-0.2, 0) is 4.79 Å². The number of aromatic nitrogens is 2. The molecule has 0 aliphatic heterocycles. The SMILES string of the molecule is NCCCC(=O)Nc1c(Cl)cc(Cl)c2nsnc12. The van der Waals surface area contributed by atoms with E-state index in [9.17, 15) is 4.79 Å². The van der Waals surface area contributed by atoms with Gasteiger partial charge in [0.15, 0.2) is 0 Å². The Bertz CT molecular complexity index is 587. The zero-order chi connectivity index (χ0) is 13.1. The molecule has 96 valence electrons. The van der Waals surface area contributed by atoms with Gasteiger partial charge in [-0.25, -0.2) is 0 Å². The fraction of sp³-hybridized carbons (Fsp3) is 0.300. The minimum Gasteiger partial charge on any atom is -0.330 e. The van der Waals surface area contributed by atoms with Crippen molar-refractivity contribution in [1.82, 2.24) is 8.75 Å². The molecule has 8 heteroatoms. The summed E-state index contributed by atoms with van der Waals surface area (Å²) in [5.41, 5.74) is 6.85. The van der Waals surface area contributed by atoms with Crippen LogP contribution in [0.15, 0.2) is 6.07 Å². The van der Waals surface area contributed by atoms with Gasteiger partial charge in [0, 0.05) is 6.42 Å². The van der Waals surface area contributed by atoms with E-state index in [0.29, 0.717) is 46.2 Å². The van der Waals surface area contributed by atoms with Crippen molar-refractivity contribution in [3.63, 3.8) is 0 Å². The molecule has 3 N–H and O–H groups in total. The van der Waals surface area contributed by atoms with Gasteiger partial charge in [-0.15, -0.1) is 0 Å². The molecule has 0 saturated carbocycles. The third-order valence-corrected chi connectivity index (χ3v) is 3.43. The fourth-order valence-electron chi connectivity index (χ4n) is 1.46. The smallest absolute Gasteiger partial charge is 0.224 e. The van der Waals surface area contributed by atoms with Crippen molar-refractivity contribution < 1.29 is 4.79 Å². The molecule has 0 spiro atoms. The summed E-state index contributed by atoms with van der Waals surface area (Å²) in [6.45, 7) is 0.468. The van der Waals surface area contributed by atoms with Crippen molar-refractivity contribution >= 4 is 57.6 Å². The number of anilines is 1. The van der Waals surface area contributed by atoms with Crippen molar-refractivity contribution in [2.24, 2.45) is 5.73 Å². The molecule has 2 aromatic rings. The minimum atomic E-state index is -0.154. The predicted molar refractivity (Wildman–Crippen MR) is 74.4 cm³/mol. The topological polar surface area (TPSA) is 80.9 Å². The lowest BCUT2D eigenvalue weighted by atomic mass is 10.2. The molecule has 0 radical (unpaired) electrons. The van der Waals surface area contributed by atoms with E-state index in [1.54, 1.807) is 6.07 Å². The van der Waals surface area contributed by atoms with E-state index < -0.39 is 0 Å². The third-order valence-electron chi connectivity index (χ3n) is 2.32. The molecule has 0 atom stereocenters. The van der Waals surface area contributed by atoms with Gasteiger partial charge in [-0.3, -0.25) is 4.79 Å². The van der Waals surface area contributed by atoms with Gasteiger partial charge < -0.3 is 11.1 Å². The monoisotopic (exact) mass is 304 g/mol. The van der Waals surface area contributed by atoms with E-state index in [2.05, 4.69) is 14.1 Å². The van der Waals surface area contributed by atoms with Crippen LogP contribution in [-0.4, -0.2) is 21.2 Å². The van der Waals surface area contributed by atoms with Crippen LogP contribution in [0, 0.1) is 0 Å². The number of rotatable bonds is 4. The first-order chi connectivity index (χ1) is 8.63. The second kappa shape index (κ2) is 5.79. The summed E-state index contributed by atoms with van der Waals surface area (Å²) in [5.74, 6) is -0.154. The van der Waals surface area contributed by atoms with E-state index in [0.717, 1.165) is 11.7 Å². The van der Waals surface area contributed by atoms with Crippen LogP contribution < -0.4 is 11.1 Å². The van der Waals surface area contributed by atoms with E-state index in [-0.39, 0.29) is 5.91 Å². The summed E-state index contributed by atoms with van der Waals surface area (Å²) in [7, 11) is 0. The van der Waals surface area contributed by atoms with E-state index in [4.69, 9.17) is 28.9 Å². The molecular weight excluding hydrogens is 295 g/mol. The maximum Gasteiger partial charge on any atom is 0.224 e. The maximum absolute atomic E-state index is 11.7. The zero-order valence-electron chi connectivity index (χ0n) is 9.24. The average molecular weight is 305 g/mol. The third kappa shape index (κ3) is 2.72. The number of nitrogens with one attached hydrogen (secondary N) is 1. The van der Waals surface area contributed by atoms with Gasteiger partial charge in [0.2, 0.25) is 5.91 Å². The Kier molecular flexibility index (Phi) is 4.34. The standard InChI is InChI=1S/C10H10Cl2N4OS/c11-5-4-6(12)9-10(16-18-15-9)8(5)14-7(17)2-1-3-13/h4H,1-3,13H2,(H,14,17). The Labute approximate surface area is 118 Å². The predicted octanol–water partition coefficient (Wildman–Crippen LogP) is 2.68. The molecule has 2 rings (SSSR count). The van der Waals surface area contributed by atoms with Crippen LogP contribution >= 0.6 is 34.9 Å². The van der Waals surface area contributed by atoms with Crippen molar-refractivity contribution in [2.45, 2.75) is 12.8 Å². The molecule has 1 heterocycles. The van der Waals surface area contributed by atoms with Crippen molar-refractivity contribution in [1.29, 1.82) is 0 Å². The molecule has 18 heavy (non-hydrogen) atoms. The highest BCUT2D eigenvalue weighted by Crippen LogP contribution is 2.35. The highest BCUT2D eigenvalue weighted by atomic mass is 35.5. The van der Waals surface area contributed by atoms with Crippen molar-refractivity contribution in [3.05, 3.63) is 16.1 Å². The Morgan fingerprint density at radius 1 is 1.33 bits per heavy atom. The molecule has 0 aliphatic rings. The number of carbonyl (C=O) groups is 1. The number of hydrogen-bond acceptors (Lipinski definition) is 5. The second-order valence-corrected chi connectivity index (χ2v) is 4.96. The lowest BCUT2D eigenvalue weighted by molar-refractivity contribution is -0.116. The molecule has 0 aliphatic carbocycles. The van der Waals surface area contributed by atoms with Gasteiger partial charge in [-0.2, -0.15) is 8.75 Å². The zero-order valence-corrected chi connectivity index (χ0v) is 11.6. The average Bonchev–Trinajstić information content (AvgIpc) is 2.81. The number of amides is 1. The quantitative estimate of drug-likeness (QED) is 0.910. The number of nitrogens with zero attached hydrogens (tertiary/aromatic N) is 2.